The molecule has 0 bridgehead atoms. The molecule has 1 aliphatic heterocycles. The average molecular weight is 206 g/mol. The van der Waals surface area contributed by atoms with Crippen molar-refractivity contribution in [1.29, 1.82) is 0 Å². The molecule has 0 aromatic carbocycles. The smallest absolute Gasteiger partial charge is 0.253 e. The Kier molecular flexibility index (Phi) is 1.72. The zero-order valence-corrected chi connectivity index (χ0v) is 8.41. The van der Waals surface area contributed by atoms with Crippen LogP contribution in [0.3, 0.4) is 0 Å². The summed E-state index contributed by atoms with van der Waals surface area (Å²) >= 11 is 1.71. The summed E-state index contributed by atoms with van der Waals surface area (Å²) < 4.78 is 1.25. The fourth-order valence-corrected chi connectivity index (χ4v) is 2.95. The lowest BCUT2D eigenvalue weighted by molar-refractivity contribution is 0.641. The molecule has 0 saturated carbocycles. The van der Waals surface area contributed by atoms with Gasteiger partial charge in [0.2, 0.25) is 0 Å². The first-order chi connectivity index (χ1) is 6.86. The van der Waals surface area contributed by atoms with Crippen molar-refractivity contribution in [3.63, 3.8) is 0 Å². The van der Waals surface area contributed by atoms with Crippen molar-refractivity contribution in [2.45, 2.75) is 13.0 Å². The maximum Gasteiger partial charge on any atom is 0.253 e. The Morgan fingerprint density at radius 3 is 3.21 bits per heavy atom. The van der Waals surface area contributed by atoms with Gasteiger partial charge in [-0.1, -0.05) is 0 Å². The summed E-state index contributed by atoms with van der Waals surface area (Å²) in [5.41, 5.74) is 3.22. The average Bonchev–Trinajstić information content (AvgIpc) is 2.66. The Bertz CT molecular complexity index is 541. The summed E-state index contributed by atoms with van der Waals surface area (Å²) in [6.45, 7) is 1.68. The molecule has 2 aromatic heterocycles. The molecule has 72 valence electrons. The number of pyridine rings is 1. The lowest BCUT2D eigenvalue weighted by atomic mass is 10.0. The Hall–Kier alpha value is -1.13. The number of aromatic amines is 1. The minimum Gasteiger partial charge on any atom is -0.321 e. The summed E-state index contributed by atoms with van der Waals surface area (Å²) in [5.74, 6) is 0. The Labute approximate surface area is 84.8 Å². The van der Waals surface area contributed by atoms with Crippen molar-refractivity contribution in [2.24, 2.45) is 0 Å². The van der Waals surface area contributed by atoms with Crippen LogP contribution in [-0.2, 0) is 13.0 Å². The Morgan fingerprint density at radius 1 is 1.36 bits per heavy atom. The summed E-state index contributed by atoms with van der Waals surface area (Å²) in [6, 6.07) is 1.98. The largest absolute Gasteiger partial charge is 0.321 e. The van der Waals surface area contributed by atoms with Gasteiger partial charge in [-0.25, -0.2) is 0 Å². The monoisotopic (exact) mass is 206 g/mol. The maximum absolute atomic E-state index is 11.7. The molecule has 3 heterocycles. The summed E-state index contributed by atoms with van der Waals surface area (Å²) in [5, 5.41) is 5.25. The number of hydrogen-bond donors (Lipinski definition) is 2. The first-order valence-electron chi connectivity index (χ1n) is 4.68. The minimum atomic E-state index is 0.0677. The fraction of sp³-hybridized carbons (Fsp3) is 0.300. The quantitative estimate of drug-likeness (QED) is 0.681. The van der Waals surface area contributed by atoms with Crippen molar-refractivity contribution in [1.82, 2.24) is 10.3 Å². The van der Waals surface area contributed by atoms with Crippen molar-refractivity contribution in [2.75, 3.05) is 6.54 Å². The van der Waals surface area contributed by atoms with Gasteiger partial charge in [-0.05, 0) is 30.0 Å². The lowest BCUT2D eigenvalue weighted by Crippen LogP contribution is -2.30. The predicted molar refractivity (Wildman–Crippen MR) is 57.9 cm³/mol. The third-order valence-electron chi connectivity index (χ3n) is 2.68. The number of hydrogen-bond acceptors (Lipinski definition) is 3. The van der Waals surface area contributed by atoms with Gasteiger partial charge in [-0.2, -0.15) is 0 Å². The standard InChI is InChI=1S/C10H10N2OS/c13-10-7-5-11-3-1-6(7)9-8(12-10)2-4-14-9/h2,4,11H,1,3,5H2,(H,12,13). The minimum absolute atomic E-state index is 0.0677. The van der Waals surface area contributed by atoms with Gasteiger partial charge in [0.05, 0.1) is 10.2 Å². The van der Waals surface area contributed by atoms with E-state index in [1.54, 1.807) is 11.3 Å². The zero-order chi connectivity index (χ0) is 9.54. The van der Waals surface area contributed by atoms with E-state index in [4.69, 9.17) is 0 Å². The van der Waals surface area contributed by atoms with Gasteiger partial charge in [0.25, 0.3) is 5.56 Å². The van der Waals surface area contributed by atoms with Crippen LogP contribution in [0.25, 0.3) is 10.2 Å². The van der Waals surface area contributed by atoms with E-state index in [1.807, 2.05) is 11.4 Å². The van der Waals surface area contributed by atoms with Gasteiger partial charge in [-0.3, -0.25) is 4.79 Å². The predicted octanol–water partition coefficient (Wildman–Crippen LogP) is 1.24. The van der Waals surface area contributed by atoms with E-state index in [1.165, 1.54) is 10.3 Å². The van der Waals surface area contributed by atoms with Gasteiger partial charge >= 0.3 is 0 Å². The van der Waals surface area contributed by atoms with E-state index in [-0.39, 0.29) is 5.56 Å². The molecule has 0 spiro atoms. The summed E-state index contributed by atoms with van der Waals surface area (Å²) in [7, 11) is 0. The first kappa shape index (κ1) is 8.20. The molecule has 3 nitrogen and oxygen atoms in total. The van der Waals surface area contributed by atoms with Crippen molar-refractivity contribution in [3.8, 4) is 0 Å². The highest BCUT2D eigenvalue weighted by Gasteiger charge is 2.16. The molecular formula is C10H10N2OS. The molecule has 2 aromatic rings. The molecule has 4 heteroatoms. The first-order valence-corrected chi connectivity index (χ1v) is 5.56. The Balaban J connectivity index is 2.45. The van der Waals surface area contributed by atoms with Gasteiger partial charge in [0.1, 0.15) is 0 Å². The SMILES string of the molecule is O=c1[nH]c2ccsc2c2c1CNCC2. The molecule has 0 aliphatic carbocycles. The van der Waals surface area contributed by atoms with Crippen LogP contribution < -0.4 is 10.9 Å². The highest BCUT2D eigenvalue weighted by Crippen LogP contribution is 2.25. The summed E-state index contributed by atoms with van der Waals surface area (Å²) in [4.78, 5) is 14.6. The van der Waals surface area contributed by atoms with Crippen LogP contribution in [0.15, 0.2) is 16.2 Å². The number of nitrogens with one attached hydrogen (secondary N) is 2. The molecular weight excluding hydrogens is 196 g/mol. The van der Waals surface area contributed by atoms with Gasteiger partial charge < -0.3 is 10.3 Å². The van der Waals surface area contributed by atoms with E-state index in [9.17, 15) is 4.79 Å². The molecule has 0 unspecified atom stereocenters. The Morgan fingerprint density at radius 2 is 2.29 bits per heavy atom. The number of fused-ring (bicyclic) bond motifs is 3. The van der Waals surface area contributed by atoms with E-state index in [0.29, 0.717) is 6.54 Å². The molecule has 0 amide bonds. The lowest BCUT2D eigenvalue weighted by Gasteiger charge is -2.16. The van der Waals surface area contributed by atoms with Crippen LogP contribution in [0.1, 0.15) is 11.1 Å². The van der Waals surface area contributed by atoms with Crippen molar-refractivity contribution < 1.29 is 0 Å². The number of aromatic nitrogens is 1. The molecule has 0 fully saturated rings. The third-order valence-corrected chi connectivity index (χ3v) is 3.65. The number of rotatable bonds is 0. The van der Waals surface area contributed by atoms with Crippen molar-refractivity contribution in [3.05, 3.63) is 32.9 Å². The van der Waals surface area contributed by atoms with Crippen LogP contribution in [0, 0.1) is 0 Å². The van der Waals surface area contributed by atoms with E-state index in [0.717, 1.165) is 24.0 Å². The number of H-pyrrole nitrogens is 1. The highest BCUT2D eigenvalue weighted by molar-refractivity contribution is 7.17. The second-order valence-corrected chi connectivity index (χ2v) is 4.42. The summed E-state index contributed by atoms with van der Waals surface area (Å²) in [6.07, 6.45) is 0.969. The van der Waals surface area contributed by atoms with E-state index in [2.05, 4.69) is 10.3 Å². The van der Waals surface area contributed by atoms with Gasteiger partial charge in [-0.15, -0.1) is 11.3 Å². The molecule has 14 heavy (non-hydrogen) atoms. The van der Waals surface area contributed by atoms with E-state index >= 15 is 0 Å². The second-order valence-electron chi connectivity index (χ2n) is 3.50. The molecule has 2 N–H and O–H groups in total. The van der Waals surface area contributed by atoms with Crippen molar-refractivity contribution >= 4 is 21.6 Å². The van der Waals surface area contributed by atoms with Gasteiger partial charge in [0.15, 0.2) is 0 Å². The van der Waals surface area contributed by atoms with Gasteiger partial charge in [0, 0.05) is 12.1 Å². The van der Waals surface area contributed by atoms with Crippen LogP contribution >= 0.6 is 11.3 Å². The third kappa shape index (κ3) is 1.04. The van der Waals surface area contributed by atoms with E-state index < -0.39 is 0 Å². The van der Waals surface area contributed by atoms with Crippen LogP contribution in [-0.4, -0.2) is 11.5 Å². The fourth-order valence-electron chi connectivity index (χ4n) is 1.99. The molecule has 0 saturated heterocycles. The molecule has 1 aliphatic rings. The molecule has 0 atom stereocenters. The topological polar surface area (TPSA) is 44.9 Å². The highest BCUT2D eigenvalue weighted by atomic mass is 32.1. The molecule has 3 rings (SSSR count). The molecule has 0 radical (unpaired) electrons. The second kappa shape index (κ2) is 2.93. The van der Waals surface area contributed by atoms with Crippen LogP contribution in [0.4, 0.5) is 0 Å². The number of thiophene rings is 1. The van der Waals surface area contributed by atoms with Crippen LogP contribution in [0.5, 0.6) is 0 Å². The normalized spacial score (nSPS) is 15.7. The maximum atomic E-state index is 11.7. The zero-order valence-electron chi connectivity index (χ0n) is 7.59. The van der Waals surface area contributed by atoms with Crippen LogP contribution in [0.2, 0.25) is 0 Å².